The summed E-state index contributed by atoms with van der Waals surface area (Å²) in [6.07, 6.45) is 6.60. The molecule has 1 unspecified atom stereocenters. The molecule has 0 aromatic carbocycles. The van der Waals surface area contributed by atoms with Crippen LogP contribution in [-0.4, -0.2) is 35.1 Å². The lowest BCUT2D eigenvalue weighted by Gasteiger charge is -2.08. The van der Waals surface area contributed by atoms with Crippen LogP contribution in [0.5, 0.6) is 0 Å². The molecule has 1 aliphatic carbocycles. The zero-order valence-electron chi connectivity index (χ0n) is 14.7. The van der Waals surface area contributed by atoms with Gasteiger partial charge in [0, 0.05) is 43.4 Å². The van der Waals surface area contributed by atoms with Crippen molar-refractivity contribution in [2.45, 2.75) is 13.3 Å². The number of nitrogens with two attached hydrogens (primary N) is 2. The van der Waals surface area contributed by atoms with Crippen molar-refractivity contribution in [1.29, 1.82) is 5.41 Å². The first-order valence-corrected chi connectivity index (χ1v) is 8.08. The Morgan fingerprint density at radius 3 is 2.81 bits per heavy atom. The molecule has 0 fully saturated rings. The third-order valence-corrected chi connectivity index (χ3v) is 3.88. The van der Waals surface area contributed by atoms with Crippen LogP contribution in [0.1, 0.15) is 23.8 Å². The maximum Gasteiger partial charge on any atom is 0.272 e. The number of hydrogen-bond acceptors (Lipinski definition) is 4. The number of rotatable bonds is 7. The van der Waals surface area contributed by atoms with Crippen LogP contribution in [0.25, 0.3) is 0 Å². The van der Waals surface area contributed by atoms with Gasteiger partial charge >= 0.3 is 0 Å². The first kappa shape index (κ1) is 19.0. The monoisotopic (exact) mass is 357 g/mol. The number of amidine groups is 1. The third kappa shape index (κ3) is 4.59. The molecule has 1 aromatic rings. The molecule has 9 nitrogen and oxygen atoms in total. The van der Waals surface area contributed by atoms with Crippen molar-refractivity contribution >= 4 is 29.7 Å². The van der Waals surface area contributed by atoms with E-state index >= 15 is 0 Å². The number of amides is 2. The van der Waals surface area contributed by atoms with Crippen LogP contribution < -0.4 is 22.1 Å². The van der Waals surface area contributed by atoms with Gasteiger partial charge in [-0.1, -0.05) is 13.0 Å². The van der Waals surface area contributed by atoms with Gasteiger partial charge in [0.05, 0.1) is 17.9 Å². The van der Waals surface area contributed by atoms with Gasteiger partial charge in [-0.15, -0.1) is 0 Å². The Labute approximate surface area is 151 Å². The van der Waals surface area contributed by atoms with Gasteiger partial charge < -0.3 is 26.7 Å². The van der Waals surface area contributed by atoms with Crippen molar-refractivity contribution in [3.8, 4) is 0 Å². The predicted octanol–water partition coefficient (Wildman–Crippen LogP) is 0.276. The van der Waals surface area contributed by atoms with E-state index in [4.69, 9.17) is 16.9 Å². The molecule has 2 amide bonds. The summed E-state index contributed by atoms with van der Waals surface area (Å²) in [6.45, 7) is 2.17. The van der Waals surface area contributed by atoms with Gasteiger partial charge in [0.25, 0.3) is 5.91 Å². The van der Waals surface area contributed by atoms with Crippen LogP contribution in [0.2, 0.25) is 0 Å². The van der Waals surface area contributed by atoms with Gasteiger partial charge in [0.1, 0.15) is 5.69 Å². The number of carbonyl (C=O) groups is 2. The Balaban J connectivity index is 2.02. The fourth-order valence-corrected chi connectivity index (χ4v) is 2.59. The lowest BCUT2D eigenvalue weighted by Crippen LogP contribution is -2.30. The fraction of sp³-hybridized carbons (Fsp3) is 0.294. The fourth-order valence-electron chi connectivity index (χ4n) is 2.59. The Bertz CT molecular complexity index is 817. The Morgan fingerprint density at radius 1 is 1.42 bits per heavy atom. The smallest absolute Gasteiger partial charge is 0.272 e. The summed E-state index contributed by atoms with van der Waals surface area (Å²) in [5.74, 6) is -0.657. The maximum atomic E-state index is 12.4. The molecule has 138 valence electrons. The molecule has 0 aliphatic heterocycles. The van der Waals surface area contributed by atoms with Crippen molar-refractivity contribution in [3.63, 3.8) is 0 Å². The van der Waals surface area contributed by atoms with E-state index in [1.165, 1.54) is 0 Å². The van der Waals surface area contributed by atoms with E-state index in [-0.39, 0.29) is 23.6 Å². The van der Waals surface area contributed by atoms with E-state index in [0.29, 0.717) is 35.6 Å². The number of carbonyl (C=O) groups excluding carboxylic acids is 2. The molecule has 0 bridgehead atoms. The summed E-state index contributed by atoms with van der Waals surface area (Å²) >= 11 is 0. The summed E-state index contributed by atoms with van der Waals surface area (Å²) in [7, 11) is 1.74. The molecule has 0 spiro atoms. The number of allylic oxidation sites excluding steroid dienone is 2. The van der Waals surface area contributed by atoms with Crippen LogP contribution in [-0.2, 0) is 11.8 Å². The number of nitrogens with zero attached hydrogens (tertiary/aromatic N) is 2. The predicted molar refractivity (Wildman–Crippen MR) is 100 cm³/mol. The SMILES string of the molecule is CC1C=C(NC(=O)c2cc(N=CN)cn2C)C=C1C(=O)NCCC(=N)N. The molecular weight excluding hydrogens is 334 g/mol. The minimum absolute atomic E-state index is 0.0192. The highest BCUT2D eigenvalue weighted by atomic mass is 16.2. The highest BCUT2D eigenvalue weighted by Gasteiger charge is 2.23. The first-order chi connectivity index (χ1) is 12.3. The summed E-state index contributed by atoms with van der Waals surface area (Å²) in [4.78, 5) is 28.6. The Hall–Kier alpha value is -3.36. The van der Waals surface area contributed by atoms with Crippen molar-refractivity contribution in [2.75, 3.05) is 6.54 Å². The lowest BCUT2D eigenvalue weighted by molar-refractivity contribution is -0.117. The highest BCUT2D eigenvalue weighted by molar-refractivity contribution is 5.98. The molecule has 1 aliphatic rings. The third-order valence-electron chi connectivity index (χ3n) is 3.88. The largest absolute Gasteiger partial charge is 0.390 e. The van der Waals surface area contributed by atoms with Crippen molar-refractivity contribution < 1.29 is 9.59 Å². The minimum atomic E-state index is -0.307. The average molecular weight is 357 g/mol. The number of nitrogens with one attached hydrogen (secondary N) is 3. The van der Waals surface area contributed by atoms with Crippen LogP contribution in [0, 0.1) is 11.3 Å². The number of aromatic nitrogens is 1. The topological polar surface area (TPSA) is 151 Å². The molecule has 0 radical (unpaired) electrons. The standard InChI is InChI=1S/C17H23N7O2/c1-10-5-11(6-13(10)16(25)21-4-3-15(19)20)23-17(26)14-7-12(22-9-18)8-24(14)2/h5-10H,3-4H2,1-2H3,(H2,18,22)(H3,19,20)(H,21,25)(H,23,26). The second-order valence-electron chi connectivity index (χ2n) is 5.97. The quantitative estimate of drug-likeness (QED) is 0.351. The molecule has 2 rings (SSSR count). The summed E-state index contributed by atoms with van der Waals surface area (Å²) in [5.41, 5.74) is 12.6. The van der Waals surface area contributed by atoms with Gasteiger partial charge in [-0.25, -0.2) is 4.99 Å². The van der Waals surface area contributed by atoms with Crippen LogP contribution in [0.3, 0.4) is 0 Å². The van der Waals surface area contributed by atoms with E-state index in [1.807, 2.05) is 6.92 Å². The van der Waals surface area contributed by atoms with Crippen LogP contribution >= 0.6 is 0 Å². The summed E-state index contributed by atoms with van der Waals surface area (Å²) in [6, 6.07) is 1.62. The minimum Gasteiger partial charge on any atom is -0.390 e. The van der Waals surface area contributed by atoms with Gasteiger partial charge in [-0.05, 0) is 12.1 Å². The van der Waals surface area contributed by atoms with Gasteiger partial charge in [0.15, 0.2) is 0 Å². The first-order valence-electron chi connectivity index (χ1n) is 8.08. The van der Waals surface area contributed by atoms with E-state index in [9.17, 15) is 9.59 Å². The molecule has 1 aromatic heterocycles. The molecule has 7 N–H and O–H groups in total. The molecule has 26 heavy (non-hydrogen) atoms. The van der Waals surface area contributed by atoms with Gasteiger partial charge in [-0.3, -0.25) is 15.0 Å². The number of aliphatic imine (C=N–C) groups is 1. The number of hydrogen-bond donors (Lipinski definition) is 5. The van der Waals surface area contributed by atoms with Crippen LogP contribution in [0.4, 0.5) is 5.69 Å². The lowest BCUT2D eigenvalue weighted by atomic mass is 10.1. The molecular formula is C17H23N7O2. The van der Waals surface area contributed by atoms with Gasteiger partial charge in [0.2, 0.25) is 5.91 Å². The van der Waals surface area contributed by atoms with Crippen molar-refractivity contribution in [2.24, 2.45) is 29.4 Å². The maximum absolute atomic E-state index is 12.4. The van der Waals surface area contributed by atoms with Crippen molar-refractivity contribution in [3.05, 3.63) is 41.4 Å². The Kier molecular flexibility index (Phi) is 5.94. The highest BCUT2D eigenvalue weighted by Crippen LogP contribution is 2.23. The summed E-state index contributed by atoms with van der Waals surface area (Å²) in [5, 5.41) is 12.7. The molecule has 0 saturated heterocycles. The van der Waals surface area contributed by atoms with E-state index in [0.717, 1.165) is 6.34 Å². The van der Waals surface area contributed by atoms with E-state index < -0.39 is 0 Å². The van der Waals surface area contributed by atoms with Gasteiger partial charge in [-0.2, -0.15) is 0 Å². The zero-order valence-corrected chi connectivity index (χ0v) is 14.7. The zero-order chi connectivity index (χ0) is 19.3. The summed E-state index contributed by atoms with van der Waals surface area (Å²) < 4.78 is 1.65. The van der Waals surface area contributed by atoms with E-state index in [1.54, 1.807) is 36.0 Å². The second kappa shape index (κ2) is 8.15. The number of aryl methyl sites for hydroxylation is 1. The second-order valence-corrected chi connectivity index (χ2v) is 5.97. The molecule has 9 heteroatoms. The van der Waals surface area contributed by atoms with E-state index in [2.05, 4.69) is 15.6 Å². The Morgan fingerprint density at radius 2 is 2.15 bits per heavy atom. The average Bonchev–Trinajstić information content (AvgIpc) is 3.10. The van der Waals surface area contributed by atoms with Crippen LogP contribution in [0.15, 0.2) is 40.7 Å². The molecule has 1 heterocycles. The normalized spacial score (nSPS) is 16.3. The molecule has 0 saturated carbocycles. The van der Waals surface area contributed by atoms with Crippen molar-refractivity contribution in [1.82, 2.24) is 15.2 Å². The molecule has 1 atom stereocenters.